The number of rotatable bonds is 4. The van der Waals surface area contributed by atoms with E-state index in [1.807, 2.05) is 11.7 Å². The van der Waals surface area contributed by atoms with Crippen LogP contribution in [-0.2, 0) is 30.8 Å². The van der Waals surface area contributed by atoms with Crippen LogP contribution >= 0.6 is 0 Å². The molecule has 0 saturated carbocycles. The first-order valence-corrected chi connectivity index (χ1v) is 7.78. The molecule has 0 radical (unpaired) electrons. The molecule has 1 fully saturated rings. The maximum Gasteiger partial charge on any atom is 0.0625 e. The van der Waals surface area contributed by atoms with Crippen LogP contribution in [0.3, 0.4) is 0 Å². The third kappa shape index (κ3) is 3.39. The maximum absolute atomic E-state index is 11.2. The minimum absolute atomic E-state index is 0.521. The Morgan fingerprint density at radius 2 is 2.24 bits per heavy atom. The zero-order chi connectivity index (χ0) is 12.3. The molecule has 1 aromatic heterocycles. The van der Waals surface area contributed by atoms with Crippen LogP contribution in [0.5, 0.6) is 0 Å². The van der Waals surface area contributed by atoms with Gasteiger partial charge in [0, 0.05) is 41.9 Å². The van der Waals surface area contributed by atoms with Crippen molar-refractivity contribution >= 4 is 10.8 Å². The molecule has 5 heteroatoms. The Morgan fingerprint density at radius 3 is 2.82 bits per heavy atom. The van der Waals surface area contributed by atoms with Gasteiger partial charge in [0.1, 0.15) is 0 Å². The van der Waals surface area contributed by atoms with Crippen molar-refractivity contribution in [3.8, 4) is 0 Å². The van der Waals surface area contributed by atoms with Crippen molar-refractivity contribution in [2.24, 2.45) is 7.05 Å². The Morgan fingerprint density at radius 1 is 1.53 bits per heavy atom. The van der Waals surface area contributed by atoms with E-state index in [4.69, 9.17) is 0 Å². The van der Waals surface area contributed by atoms with Crippen LogP contribution in [-0.4, -0.2) is 31.5 Å². The SMILES string of the molecule is CCc1cc(CNC2CCS(=O)CC2)n(C)n1. The second-order valence-corrected chi connectivity index (χ2v) is 6.30. The molecule has 2 heterocycles. The minimum atomic E-state index is -0.568. The van der Waals surface area contributed by atoms with Gasteiger partial charge in [-0.05, 0) is 25.3 Å². The molecule has 0 aliphatic carbocycles. The summed E-state index contributed by atoms with van der Waals surface area (Å²) in [6, 6.07) is 2.68. The van der Waals surface area contributed by atoms with Gasteiger partial charge in [-0.25, -0.2) is 0 Å². The number of nitrogens with zero attached hydrogens (tertiary/aromatic N) is 2. The lowest BCUT2D eigenvalue weighted by atomic mass is 10.1. The van der Waals surface area contributed by atoms with Crippen LogP contribution in [0.25, 0.3) is 0 Å². The monoisotopic (exact) mass is 255 g/mol. The van der Waals surface area contributed by atoms with Gasteiger partial charge in [-0.15, -0.1) is 0 Å². The molecule has 1 aliphatic heterocycles. The van der Waals surface area contributed by atoms with Crippen molar-refractivity contribution in [3.05, 3.63) is 17.5 Å². The third-order valence-corrected chi connectivity index (χ3v) is 4.73. The first-order chi connectivity index (χ1) is 8.19. The van der Waals surface area contributed by atoms with E-state index in [-0.39, 0.29) is 0 Å². The van der Waals surface area contributed by atoms with E-state index < -0.39 is 10.8 Å². The van der Waals surface area contributed by atoms with E-state index >= 15 is 0 Å². The van der Waals surface area contributed by atoms with Crippen LogP contribution < -0.4 is 5.32 Å². The summed E-state index contributed by atoms with van der Waals surface area (Å²) in [7, 11) is 1.42. The standard InChI is InChI=1S/C12H21N3OS/c1-3-10-8-12(15(2)14-10)9-13-11-4-6-17(16)7-5-11/h8,11,13H,3-7,9H2,1-2H3. The summed E-state index contributed by atoms with van der Waals surface area (Å²) in [5.41, 5.74) is 2.38. The van der Waals surface area contributed by atoms with Crippen LogP contribution in [0.4, 0.5) is 0 Å². The summed E-state index contributed by atoms with van der Waals surface area (Å²) in [5, 5.41) is 7.97. The van der Waals surface area contributed by atoms with Gasteiger partial charge in [0.2, 0.25) is 0 Å². The molecular weight excluding hydrogens is 234 g/mol. The quantitative estimate of drug-likeness (QED) is 0.872. The number of hydrogen-bond acceptors (Lipinski definition) is 3. The number of aryl methyl sites for hydroxylation is 2. The van der Waals surface area contributed by atoms with Crippen molar-refractivity contribution in [2.75, 3.05) is 11.5 Å². The second kappa shape index (κ2) is 5.78. The van der Waals surface area contributed by atoms with Gasteiger partial charge >= 0.3 is 0 Å². The molecule has 1 aliphatic rings. The average molecular weight is 255 g/mol. The Kier molecular flexibility index (Phi) is 4.34. The van der Waals surface area contributed by atoms with E-state index in [0.29, 0.717) is 6.04 Å². The first-order valence-electron chi connectivity index (χ1n) is 6.29. The highest BCUT2D eigenvalue weighted by molar-refractivity contribution is 7.85. The summed E-state index contributed by atoms with van der Waals surface area (Å²) in [5.74, 6) is 1.70. The zero-order valence-corrected chi connectivity index (χ0v) is 11.4. The van der Waals surface area contributed by atoms with Crippen molar-refractivity contribution < 1.29 is 4.21 Å². The molecule has 17 heavy (non-hydrogen) atoms. The Labute approximate surface area is 105 Å². The summed E-state index contributed by atoms with van der Waals surface area (Å²) in [6.45, 7) is 2.98. The molecular formula is C12H21N3OS. The van der Waals surface area contributed by atoms with Gasteiger partial charge < -0.3 is 5.32 Å². The van der Waals surface area contributed by atoms with Crippen LogP contribution in [0, 0.1) is 0 Å². The molecule has 0 aromatic carbocycles. The molecule has 1 N–H and O–H groups in total. The number of aromatic nitrogens is 2. The first kappa shape index (κ1) is 12.8. The summed E-state index contributed by atoms with van der Waals surface area (Å²) in [4.78, 5) is 0. The summed E-state index contributed by atoms with van der Waals surface area (Å²) in [6.07, 6.45) is 3.05. The van der Waals surface area contributed by atoms with E-state index in [1.54, 1.807) is 0 Å². The highest BCUT2D eigenvalue weighted by atomic mass is 32.2. The van der Waals surface area contributed by atoms with Crippen LogP contribution in [0.15, 0.2) is 6.07 Å². The fraction of sp³-hybridized carbons (Fsp3) is 0.750. The number of hydrogen-bond donors (Lipinski definition) is 1. The van der Waals surface area contributed by atoms with E-state index in [0.717, 1.165) is 43.0 Å². The molecule has 0 amide bonds. The van der Waals surface area contributed by atoms with E-state index in [9.17, 15) is 4.21 Å². The molecule has 96 valence electrons. The predicted octanol–water partition coefficient (Wildman–Crippen LogP) is 0.983. The highest BCUT2D eigenvalue weighted by Gasteiger charge is 2.17. The largest absolute Gasteiger partial charge is 0.308 e. The molecule has 0 atom stereocenters. The Bertz CT molecular complexity index is 392. The number of nitrogens with one attached hydrogen (secondary N) is 1. The van der Waals surface area contributed by atoms with E-state index in [2.05, 4.69) is 23.4 Å². The van der Waals surface area contributed by atoms with Crippen LogP contribution in [0.1, 0.15) is 31.2 Å². The highest BCUT2D eigenvalue weighted by Crippen LogP contribution is 2.10. The Balaban J connectivity index is 1.84. The van der Waals surface area contributed by atoms with Gasteiger partial charge in [-0.2, -0.15) is 5.10 Å². The lowest BCUT2D eigenvalue weighted by molar-refractivity contribution is 0.465. The average Bonchev–Trinajstić information content (AvgIpc) is 2.69. The maximum atomic E-state index is 11.2. The molecule has 4 nitrogen and oxygen atoms in total. The van der Waals surface area contributed by atoms with E-state index in [1.165, 1.54) is 5.69 Å². The normalized spacial score (nSPS) is 25.1. The smallest absolute Gasteiger partial charge is 0.0625 e. The van der Waals surface area contributed by atoms with Crippen LogP contribution in [0.2, 0.25) is 0 Å². The predicted molar refractivity (Wildman–Crippen MR) is 70.3 cm³/mol. The molecule has 0 bridgehead atoms. The van der Waals surface area contributed by atoms with Crippen molar-refractivity contribution in [1.29, 1.82) is 0 Å². The lowest BCUT2D eigenvalue weighted by Gasteiger charge is -2.22. The second-order valence-electron chi connectivity index (χ2n) is 4.61. The summed E-state index contributed by atoms with van der Waals surface area (Å²) >= 11 is 0. The zero-order valence-electron chi connectivity index (χ0n) is 10.6. The molecule has 0 spiro atoms. The molecule has 1 aromatic rings. The van der Waals surface area contributed by atoms with Gasteiger partial charge in [-0.1, -0.05) is 6.92 Å². The van der Waals surface area contributed by atoms with Crippen molar-refractivity contribution in [3.63, 3.8) is 0 Å². The van der Waals surface area contributed by atoms with Gasteiger partial charge in [0.25, 0.3) is 0 Å². The fourth-order valence-corrected chi connectivity index (χ4v) is 3.46. The lowest BCUT2D eigenvalue weighted by Crippen LogP contribution is -2.35. The van der Waals surface area contributed by atoms with Gasteiger partial charge in [0.15, 0.2) is 0 Å². The fourth-order valence-electron chi connectivity index (χ4n) is 2.16. The minimum Gasteiger partial charge on any atom is -0.308 e. The van der Waals surface area contributed by atoms with Gasteiger partial charge in [-0.3, -0.25) is 8.89 Å². The third-order valence-electron chi connectivity index (χ3n) is 3.35. The van der Waals surface area contributed by atoms with Crippen molar-refractivity contribution in [1.82, 2.24) is 15.1 Å². The van der Waals surface area contributed by atoms with Crippen molar-refractivity contribution in [2.45, 2.75) is 38.8 Å². The Hall–Kier alpha value is -0.680. The molecule has 1 saturated heterocycles. The van der Waals surface area contributed by atoms with Gasteiger partial charge in [0.05, 0.1) is 11.4 Å². The molecule has 0 unspecified atom stereocenters. The summed E-state index contributed by atoms with van der Waals surface area (Å²) < 4.78 is 13.2. The molecule has 2 rings (SSSR count). The topological polar surface area (TPSA) is 46.9 Å².